The maximum Gasteiger partial charge on any atom is 0.338 e. The fourth-order valence-electron chi connectivity index (χ4n) is 5.33. The first-order valence-corrected chi connectivity index (χ1v) is 17.5. The fourth-order valence-corrected chi connectivity index (χ4v) is 7.11. The van der Waals surface area contributed by atoms with E-state index in [1.165, 1.54) is 23.0 Å². The van der Waals surface area contributed by atoms with Crippen molar-refractivity contribution in [1.82, 2.24) is 4.57 Å². The van der Waals surface area contributed by atoms with Gasteiger partial charge in [-0.2, -0.15) is 0 Å². The van der Waals surface area contributed by atoms with E-state index in [0.717, 1.165) is 5.56 Å². The van der Waals surface area contributed by atoms with Crippen molar-refractivity contribution in [3.63, 3.8) is 0 Å². The molecule has 0 fully saturated rings. The second-order valence-corrected chi connectivity index (χ2v) is 13.4. The van der Waals surface area contributed by atoms with Gasteiger partial charge in [-0.3, -0.25) is 9.36 Å². The van der Waals surface area contributed by atoms with Crippen LogP contribution < -0.4 is 33.8 Å². The van der Waals surface area contributed by atoms with Crippen molar-refractivity contribution in [1.29, 1.82) is 0 Å². The van der Waals surface area contributed by atoms with Crippen molar-refractivity contribution < 1.29 is 28.5 Å². The summed E-state index contributed by atoms with van der Waals surface area (Å²) in [4.78, 5) is 32.7. The highest BCUT2D eigenvalue weighted by Gasteiger charge is 2.34. The van der Waals surface area contributed by atoms with Gasteiger partial charge in [-0.05, 0) is 88.2 Å². The minimum Gasteiger partial charge on any atom is -0.493 e. The molecule has 0 N–H and O–H groups in total. The molecule has 0 radical (unpaired) electrons. The second-order valence-electron chi connectivity index (χ2n) is 11.2. The van der Waals surface area contributed by atoms with E-state index in [1.54, 1.807) is 62.4 Å². The molecule has 3 aromatic carbocycles. The molecule has 258 valence electrons. The molecule has 0 spiro atoms. The van der Waals surface area contributed by atoms with E-state index in [2.05, 4.69) is 4.99 Å². The number of benzene rings is 3. The summed E-state index contributed by atoms with van der Waals surface area (Å²) in [6.07, 6.45) is 1.62. The Balaban J connectivity index is 1.60. The number of halogens is 3. The number of esters is 1. The molecule has 1 aliphatic heterocycles. The zero-order valence-corrected chi connectivity index (χ0v) is 30.9. The Hall–Kier alpha value is -3.96. The van der Waals surface area contributed by atoms with Gasteiger partial charge >= 0.3 is 5.97 Å². The molecule has 2 heterocycles. The molecule has 0 unspecified atom stereocenters. The maximum atomic E-state index is 14.2. The van der Waals surface area contributed by atoms with Crippen LogP contribution in [0.5, 0.6) is 23.0 Å². The molecule has 4 aromatic rings. The van der Waals surface area contributed by atoms with E-state index in [1.807, 2.05) is 26.8 Å². The van der Waals surface area contributed by atoms with Crippen LogP contribution >= 0.6 is 46.1 Å². The number of allylic oxidation sites excluding steroid dienone is 1. The molecule has 1 atom stereocenters. The molecular weight excluding hydrogens is 711 g/mol. The fraction of sp³-hybridized carbons (Fsp3) is 0.306. The van der Waals surface area contributed by atoms with Crippen LogP contribution in [-0.2, 0) is 16.1 Å². The Kier molecular flexibility index (Phi) is 11.7. The van der Waals surface area contributed by atoms with Gasteiger partial charge in [-0.15, -0.1) is 0 Å². The van der Waals surface area contributed by atoms with Crippen molar-refractivity contribution in [2.75, 3.05) is 20.3 Å². The molecule has 9 nitrogen and oxygen atoms in total. The van der Waals surface area contributed by atoms with Crippen molar-refractivity contribution >= 4 is 58.2 Å². The Morgan fingerprint density at radius 3 is 2.43 bits per heavy atom. The van der Waals surface area contributed by atoms with Gasteiger partial charge in [0.25, 0.3) is 5.56 Å². The maximum absolute atomic E-state index is 14.2. The number of aromatic nitrogens is 1. The van der Waals surface area contributed by atoms with Crippen molar-refractivity contribution in [2.45, 2.75) is 53.4 Å². The van der Waals surface area contributed by atoms with Gasteiger partial charge in [0.2, 0.25) is 0 Å². The number of fused-ring (bicyclic) bond motifs is 1. The lowest BCUT2D eigenvalue weighted by Crippen LogP contribution is -2.40. The van der Waals surface area contributed by atoms with E-state index < -0.39 is 12.0 Å². The first-order chi connectivity index (χ1) is 23.4. The summed E-state index contributed by atoms with van der Waals surface area (Å²) in [5, 5.41) is 1.26. The third-order valence-corrected chi connectivity index (χ3v) is 9.25. The zero-order valence-electron chi connectivity index (χ0n) is 27.8. The van der Waals surface area contributed by atoms with Gasteiger partial charge in [-0.25, -0.2) is 9.79 Å². The number of ether oxygens (including phenoxy) is 5. The van der Waals surface area contributed by atoms with Crippen LogP contribution in [0.3, 0.4) is 0 Å². The molecule has 13 heteroatoms. The van der Waals surface area contributed by atoms with Crippen molar-refractivity contribution in [3.8, 4) is 23.0 Å². The number of carbonyl (C=O) groups excluding carboxylic acids is 1. The van der Waals surface area contributed by atoms with E-state index in [-0.39, 0.29) is 35.5 Å². The summed E-state index contributed by atoms with van der Waals surface area (Å²) in [6.45, 7) is 9.77. The van der Waals surface area contributed by atoms with E-state index in [0.29, 0.717) is 65.8 Å². The van der Waals surface area contributed by atoms with Gasteiger partial charge in [0.05, 0.1) is 53.3 Å². The topological polar surface area (TPSA) is 97.6 Å². The van der Waals surface area contributed by atoms with Crippen LogP contribution in [0.25, 0.3) is 6.08 Å². The zero-order chi connectivity index (χ0) is 35.4. The number of methoxy groups -OCH3 is 1. The standard InChI is InChI=1S/C36H35Cl3N2O7S/c1-7-45-29-14-21(13-26(39)33(29)47-18-23-9-11-24(37)17-25(23)38)15-30-34(42)41-32(22-10-12-27(48-19(3)4)28(16-22)44-6)31(35(43)46-8-2)20(5)40-36(41)49-30/h9-17,19,32H,7-8,18H2,1-6H3/b30-15-/t32-/m0/s1. The van der Waals surface area contributed by atoms with E-state index >= 15 is 0 Å². The van der Waals surface area contributed by atoms with Crippen LogP contribution in [-0.4, -0.2) is 37.0 Å². The summed E-state index contributed by atoms with van der Waals surface area (Å²) < 4.78 is 30.8. The number of hydrogen-bond acceptors (Lipinski definition) is 9. The van der Waals surface area contributed by atoms with E-state index in [9.17, 15) is 9.59 Å². The number of thiazole rings is 1. The average Bonchev–Trinajstić information content (AvgIpc) is 3.34. The number of hydrogen-bond donors (Lipinski definition) is 0. The van der Waals surface area contributed by atoms with Crippen LogP contribution in [0, 0.1) is 0 Å². The summed E-state index contributed by atoms with van der Waals surface area (Å²) in [7, 11) is 1.54. The largest absolute Gasteiger partial charge is 0.493 e. The first kappa shape index (κ1) is 36.3. The Labute approximate surface area is 302 Å². The summed E-state index contributed by atoms with van der Waals surface area (Å²) in [5.74, 6) is 1.17. The minimum atomic E-state index is -0.836. The molecule has 49 heavy (non-hydrogen) atoms. The number of carbonyl (C=O) groups is 1. The lowest BCUT2D eigenvalue weighted by Gasteiger charge is -2.25. The third-order valence-electron chi connectivity index (χ3n) is 7.40. The Morgan fingerprint density at radius 1 is 0.980 bits per heavy atom. The highest BCUT2D eigenvalue weighted by Crippen LogP contribution is 2.39. The molecular formula is C36H35Cl3N2O7S. The molecule has 0 amide bonds. The SMILES string of the molecule is CCOC(=O)C1=C(C)N=c2s/c(=C\c3cc(Cl)c(OCc4ccc(Cl)cc4Cl)c(OCC)c3)c(=O)n2[C@H]1c1ccc(OC(C)C)c(OC)c1. The van der Waals surface area contributed by atoms with Gasteiger partial charge < -0.3 is 23.7 Å². The smallest absolute Gasteiger partial charge is 0.338 e. The van der Waals surface area contributed by atoms with Gasteiger partial charge in [-0.1, -0.05) is 58.3 Å². The third kappa shape index (κ3) is 7.94. The summed E-state index contributed by atoms with van der Waals surface area (Å²) >= 11 is 20.3. The summed E-state index contributed by atoms with van der Waals surface area (Å²) in [6, 6.07) is 13.1. The Bertz CT molecular complexity index is 2110. The quantitative estimate of drug-likeness (QED) is 0.138. The lowest BCUT2D eigenvalue weighted by molar-refractivity contribution is -0.139. The van der Waals surface area contributed by atoms with Crippen LogP contribution in [0.2, 0.25) is 15.1 Å². The molecule has 0 aliphatic carbocycles. The van der Waals surface area contributed by atoms with Crippen LogP contribution in [0.15, 0.2) is 69.6 Å². The average molecular weight is 746 g/mol. The predicted octanol–water partition coefficient (Wildman–Crippen LogP) is 7.53. The van der Waals surface area contributed by atoms with Crippen molar-refractivity contribution in [2.24, 2.45) is 4.99 Å². The molecule has 0 saturated heterocycles. The van der Waals surface area contributed by atoms with Crippen molar-refractivity contribution in [3.05, 3.63) is 111 Å². The highest BCUT2D eigenvalue weighted by atomic mass is 35.5. The molecule has 5 rings (SSSR count). The van der Waals surface area contributed by atoms with Gasteiger partial charge in [0.15, 0.2) is 27.8 Å². The second kappa shape index (κ2) is 15.7. The molecule has 0 bridgehead atoms. The first-order valence-electron chi connectivity index (χ1n) is 15.5. The van der Waals surface area contributed by atoms with E-state index in [4.69, 9.17) is 58.5 Å². The summed E-state index contributed by atoms with van der Waals surface area (Å²) in [5.41, 5.74) is 2.30. The van der Waals surface area contributed by atoms with Gasteiger partial charge in [0, 0.05) is 15.6 Å². The van der Waals surface area contributed by atoms with Crippen LogP contribution in [0.4, 0.5) is 0 Å². The molecule has 1 aliphatic rings. The predicted molar refractivity (Wildman–Crippen MR) is 193 cm³/mol. The lowest BCUT2D eigenvalue weighted by atomic mass is 9.95. The molecule has 0 saturated carbocycles. The Morgan fingerprint density at radius 2 is 1.76 bits per heavy atom. The monoisotopic (exact) mass is 744 g/mol. The number of nitrogens with zero attached hydrogens (tertiary/aromatic N) is 2. The van der Waals surface area contributed by atoms with Crippen LogP contribution in [0.1, 0.15) is 57.4 Å². The van der Waals surface area contributed by atoms with Gasteiger partial charge in [0.1, 0.15) is 6.61 Å². The normalized spacial score (nSPS) is 14.4. The molecule has 1 aromatic heterocycles. The number of rotatable bonds is 12. The highest BCUT2D eigenvalue weighted by molar-refractivity contribution is 7.07. The minimum absolute atomic E-state index is 0.0889.